The van der Waals surface area contributed by atoms with E-state index in [-0.39, 0.29) is 0 Å². The summed E-state index contributed by atoms with van der Waals surface area (Å²) in [4.78, 5) is 21.6. The first-order chi connectivity index (χ1) is 10.7. The number of carboxylic acid groups (broad SMARTS) is 1. The minimum absolute atomic E-state index is 0.494. The molecule has 0 N–H and O–H groups in total. The molecule has 0 saturated heterocycles. The predicted octanol–water partition coefficient (Wildman–Crippen LogP) is 2.98. The fourth-order valence-corrected chi connectivity index (χ4v) is 4.10. The van der Waals surface area contributed by atoms with Gasteiger partial charge in [-0.2, -0.15) is 0 Å². The number of thiophene rings is 1. The normalized spacial score (nSPS) is 12.4. The van der Waals surface area contributed by atoms with E-state index in [1.54, 1.807) is 11.3 Å². The average molecular weight is 329 g/mol. The van der Waals surface area contributed by atoms with E-state index in [0.717, 1.165) is 20.7 Å². The van der Waals surface area contributed by atoms with Crippen LogP contribution in [-0.2, 0) is 4.79 Å². The molecule has 3 rings (SSSR count). The van der Waals surface area contributed by atoms with Gasteiger partial charge in [-0.25, -0.2) is 9.97 Å². The molecule has 0 aliphatic carbocycles. The second kappa shape index (κ2) is 6.46. The van der Waals surface area contributed by atoms with Gasteiger partial charge in [-0.05, 0) is 18.1 Å². The topological polar surface area (TPSA) is 65.9 Å². The van der Waals surface area contributed by atoms with Gasteiger partial charge in [0.2, 0.25) is 0 Å². The Bertz CT molecular complexity index is 802. The molecule has 0 aliphatic heterocycles. The number of nitrogens with zero attached hydrogens (tertiary/aromatic N) is 2. The van der Waals surface area contributed by atoms with Gasteiger partial charge < -0.3 is 9.90 Å². The summed E-state index contributed by atoms with van der Waals surface area (Å²) in [6, 6.07) is 12.1. The molecule has 4 nitrogen and oxygen atoms in total. The summed E-state index contributed by atoms with van der Waals surface area (Å²) in [5, 5.41) is 12.1. The Balaban J connectivity index is 2.02. The smallest absolute Gasteiger partial charge is 0.128 e. The highest BCUT2D eigenvalue weighted by atomic mass is 32.2. The Morgan fingerprint density at radius 3 is 2.77 bits per heavy atom. The first-order valence-electron chi connectivity index (χ1n) is 6.86. The molecule has 0 unspecified atom stereocenters. The third kappa shape index (κ3) is 2.98. The number of benzene rings is 1. The van der Waals surface area contributed by atoms with Crippen molar-refractivity contribution in [3.05, 3.63) is 42.7 Å². The molecule has 2 aromatic heterocycles. The molecular formula is C16H13N2O2S2-. The van der Waals surface area contributed by atoms with E-state index in [1.165, 1.54) is 18.1 Å². The number of carboxylic acids is 1. The van der Waals surface area contributed by atoms with Crippen LogP contribution in [0.25, 0.3) is 20.7 Å². The van der Waals surface area contributed by atoms with Crippen LogP contribution in [0.2, 0.25) is 0 Å². The zero-order chi connectivity index (χ0) is 15.5. The van der Waals surface area contributed by atoms with Crippen molar-refractivity contribution in [3.8, 4) is 10.4 Å². The molecule has 0 spiro atoms. The molecule has 0 fully saturated rings. The van der Waals surface area contributed by atoms with Crippen LogP contribution in [0.3, 0.4) is 0 Å². The standard InChI is InChI=1S/C16H14N2O2S2/c1-2-12(16(19)20)21-14-11-8-13(10-6-4-3-5-7-10)22-15(11)18-9-17-14/h3-9,12H,2H2,1H3,(H,19,20)/p-1/t12-/m0/s1. The number of aliphatic carboxylic acids is 1. The predicted molar refractivity (Wildman–Crippen MR) is 87.8 cm³/mol. The lowest BCUT2D eigenvalue weighted by Gasteiger charge is -2.14. The Labute approximate surface area is 136 Å². The van der Waals surface area contributed by atoms with Gasteiger partial charge in [0.25, 0.3) is 0 Å². The van der Waals surface area contributed by atoms with Crippen LogP contribution >= 0.6 is 23.1 Å². The third-order valence-corrected chi connectivity index (χ3v) is 5.69. The summed E-state index contributed by atoms with van der Waals surface area (Å²) in [7, 11) is 0. The molecular weight excluding hydrogens is 316 g/mol. The van der Waals surface area contributed by atoms with Gasteiger partial charge in [0.05, 0.1) is 11.2 Å². The zero-order valence-electron chi connectivity index (χ0n) is 11.9. The van der Waals surface area contributed by atoms with Crippen LogP contribution in [0.1, 0.15) is 13.3 Å². The Kier molecular flexibility index (Phi) is 4.40. The number of aromatic nitrogens is 2. The van der Waals surface area contributed by atoms with Crippen LogP contribution < -0.4 is 5.11 Å². The van der Waals surface area contributed by atoms with Crippen LogP contribution in [-0.4, -0.2) is 21.2 Å². The molecule has 6 heteroatoms. The summed E-state index contributed by atoms with van der Waals surface area (Å²) < 4.78 is 0. The first-order valence-corrected chi connectivity index (χ1v) is 8.56. The average Bonchev–Trinajstić information content (AvgIpc) is 2.98. The van der Waals surface area contributed by atoms with Crippen LogP contribution in [0.4, 0.5) is 0 Å². The molecule has 0 amide bonds. The first kappa shape index (κ1) is 15.0. The van der Waals surface area contributed by atoms with Crippen molar-refractivity contribution in [3.63, 3.8) is 0 Å². The molecule has 1 atom stereocenters. The third-order valence-electron chi connectivity index (χ3n) is 3.24. The van der Waals surface area contributed by atoms with E-state index >= 15 is 0 Å². The van der Waals surface area contributed by atoms with Gasteiger partial charge in [-0.3, -0.25) is 0 Å². The van der Waals surface area contributed by atoms with Crippen molar-refractivity contribution in [2.75, 3.05) is 0 Å². The van der Waals surface area contributed by atoms with Gasteiger partial charge in [0.15, 0.2) is 0 Å². The summed E-state index contributed by atoms with van der Waals surface area (Å²) in [6.07, 6.45) is 1.98. The number of carbonyl (C=O) groups is 1. The molecule has 22 heavy (non-hydrogen) atoms. The minimum Gasteiger partial charge on any atom is -0.549 e. The second-order valence-corrected chi connectivity index (χ2v) is 6.93. The van der Waals surface area contributed by atoms with Crippen molar-refractivity contribution < 1.29 is 9.90 Å². The number of hydrogen-bond acceptors (Lipinski definition) is 6. The van der Waals surface area contributed by atoms with E-state index in [4.69, 9.17) is 0 Å². The van der Waals surface area contributed by atoms with E-state index in [9.17, 15) is 9.90 Å². The lowest BCUT2D eigenvalue weighted by molar-refractivity contribution is -0.304. The van der Waals surface area contributed by atoms with Crippen molar-refractivity contribution in [1.82, 2.24) is 9.97 Å². The quantitative estimate of drug-likeness (QED) is 0.532. The van der Waals surface area contributed by atoms with Gasteiger partial charge in [-0.1, -0.05) is 49.0 Å². The highest BCUT2D eigenvalue weighted by molar-refractivity contribution is 8.00. The highest BCUT2D eigenvalue weighted by Crippen LogP contribution is 2.37. The van der Waals surface area contributed by atoms with Crippen LogP contribution in [0.5, 0.6) is 0 Å². The van der Waals surface area contributed by atoms with Crippen molar-refractivity contribution >= 4 is 39.3 Å². The zero-order valence-corrected chi connectivity index (χ0v) is 13.5. The van der Waals surface area contributed by atoms with Gasteiger partial charge in [-0.15, -0.1) is 11.3 Å². The molecule has 1 aromatic carbocycles. The maximum atomic E-state index is 11.1. The lowest BCUT2D eigenvalue weighted by atomic mass is 10.2. The lowest BCUT2D eigenvalue weighted by Crippen LogP contribution is -2.33. The summed E-state index contributed by atoms with van der Waals surface area (Å²) in [6.45, 7) is 1.83. The Morgan fingerprint density at radius 2 is 2.09 bits per heavy atom. The molecule has 0 bridgehead atoms. The monoisotopic (exact) mass is 329 g/mol. The van der Waals surface area contributed by atoms with E-state index in [0.29, 0.717) is 11.4 Å². The molecule has 2 heterocycles. The number of fused-ring (bicyclic) bond motifs is 1. The van der Waals surface area contributed by atoms with E-state index in [1.807, 2.05) is 43.3 Å². The minimum atomic E-state index is -1.06. The maximum absolute atomic E-state index is 11.1. The SMILES string of the molecule is CC[C@H](Sc1ncnc2sc(-c3ccccc3)cc12)C(=O)[O-]. The van der Waals surface area contributed by atoms with Crippen molar-refractivity contribution in [2.45, 2.75) is 23.6 Å². The Hall–Kier alpha value is -1.92. The summed E-state index contributed by atoms with van der Waals surface area (Å²) in [5.41, 5.74) is 1.12. The molecule has 0 aliphatic rings. The number of thioether (sulfide) groups is 1. The fraction of sp³-hybridized carbons (Fsp3) is 0.188. The van der Waals surface area contributed by atoms with Crippen molar-refractivity contribution in [2.24, 2.45) is 0 Å². The van der Waals surface area contributed by atoms with E-state index < -0.39 is 11.2 Å². The maximum Gasteiger partial charge on any atom is 0.128 e. The Morgan fingerprint density at radius 1 is 1.32 bits per heavy atom. The van der Waals surface area contributed by atoms with Crippen molar-refractivity contribution in [1.29, 1.82) is 0 Å². The summed E-state index contributed by atoms with van der Waals surface area (Å²) >= 11 is 2.81. The van der Waals surface area contributed by atoms with Crippen LogP contribution in [0, 0.1) is 0 Å². The highest BCUT2D eigenvalue weighted by Gasteiger charge is 2.15. The molecule has 112 valence electrons. The van der Waals surface area contributed by atoms with E-state index in [2.05, 4.69) is 9.97 Å². The molecule has 0 radical (unpaired) electrons. The van der Waals surface area contributed by atoms with Crippen LogP contribution in [0.15, 0.2) is 47.8 Å². The largest absolute Gasteiger partial charge is 0.549 e. The van der Waals surface area contributed by atoms with Gasteiger partial charge in [0, 0.05) is 10.3 Å². The van der Waals surface area contributed by atoms with Gasteiger partial charge in [0.1, 0.15) is 16.2 Å². The second-order valence-electron chi connectivity index (χ2n) is 4.71. The molecule has 3 aromatic rings. The number of hydrogen-bond donors (Lipinski definition) is 0. The number of carbonyl (C=O) groups excluding carboxylic acids is 1. The fourth-order valence-electron chi connectivity index (χ4n) is 2.11. The molecule has 0 saturated carbocycles. The summed E-state index contributed by atoms with van der Waals surface area (Å²) in [5.74, 6) is -1.06. The van der Waals surface area contributed by atoms with Gasteiger partial charge >= 0.3 is 0 Å². The number of rotatable bonds is 5.